The van der Waals surface area contributed by atoms with E-state index < -0.39 is 11.7 Å². The van der Waals surface area contributed by atoms with Crippen molar-refractivity contribution in [3.8, 4) is 11.1 Å². The van der Waals surface area contributed by atoms with E-state index in [2.05, 4.69) is 20.6 Å². The number of aromatic nitrogens is 2. The van der Waals surface area contributed by atoms with Crippen LogP contribution in [0.3, 0.4) is 0 Å². The molecule has 7 heteroatoms. The van der Waals surface area contributed by atoms with Crippen LogP contribution in [0.1, 0.15) is 43.5 Å². The van der Waals surface area contributed by atoms with Crippen LogP contribution in [0.4, 0.5) is 5.82 Å². The van der Waals surface area contributed by atoms with Crippen molar-refractivity contribution in [3.63, 3.8) is 0 Å². The van der Waals surface area contributed by atoms with Crippen LogP contribution in [0.2, 0.25) is 0 Å². The molecule has 0 unspecified atom stereocenters. The third-order valence-electron chi connectivity index (χ3n) is 6.28. The van der Waals surface area contributed by atoms with Crippen LogP contribution >= 0.6 is 0 Å². The molecule has 0 bridgehead atoms. The molecule has 1 aliphatic carbocycles. The molecule has 1 heterocycles. The number of aliphatic hydroxyl groups excluding tert-OH is 1. The highest BCUT2D eigenvalue weighted by molar-refractivity contribution is 6.10. The lowest BCUT2D eigenvalue weighted by molar-refractivity contribution is -0.0694. The van der Waals surface area contributed by atoms with E-state index in [0.717, 1.165) is 46.4 Å². The first-order chi connectivity index (χ1) is 16.9. The largest absolute Gasteiger partial charge is 0.374 e. The van der Waals surface area contributed by atoms with Crippen LogP contribution in [0.25, 0.3) is 22.8 Å². The van der Waals surface area contributed by atoms with E-state index in [-0.39, 0.29) is 0 Å². The predicted molar refractivity (Wildman–Crippen MR) is 141 cm³/mol. The van der Waals surface area contributed by atoms with E-state index >= 15 is 0 Å². The quantitative estimate of drug-likeness (QED) is 0.232. The van der Waals surface area contributed by atoms with Crippen molar-refractivity contribution in [2.45, 2.75) is 38.4 Å². The van der Waals surface area contributed by atoms with Crippen LogP contribution in [0.15, 0.2) is 72.3 Å². The molecule has 0 aliphatic heterocycles. The third-order valence-corrected chi connectivity index (χ3v) is 6.28. The van der Waals surface area contributed by atoms with Gasteiger partial charge in [0, 0.05) is 24.3 Å². The van der Waals surface area contributed by atoms with Gasteiger partial charge in [-0.2, -0.15) is 0 Å². The van der Waals surface area contributed by atoms with Gasteiger partial charge in [-0.05, 0) is 55.0 Å². The number of anilines is 1. The first kappa shape index (κ1) is 24.3. The van der Waals surface area contributed by atoms with Crippen molar-refractivity contribution in [2.75, 3.05) is 12.4 Å². The fourth-order valence-electron chi connectivity index (χ4n) is 4.17. The number of nitrogens with zero attached hydrogens (tertiary/aromatic N) is 2. The summed E-state index contributed by atoms with van der Waals surface area (Å²) in [5, 5.41) is 33.8. The van der Waals surface area contributed by atoms with Crippen molar-refractivity contribution in [1.29, 1.82) is 5.41 Å². The molecule has 1 saturated carbocycles. The van der Waals surface area contributed by atoms with Crippen LogP contribution < -0.4 is 10.6 Å². The molecular weight excluding hydrogens is 438 g/mol. The molecule has 0 saturated heterocycles. The summed E-state index contributed by atoms with van der Waals surface area (Å²) in [6.07, 6.45) is 6.89. The van der Waals surface area contributed by atoms with E-state index in [0.29, 0.717) is 17.2 Å². The molecule has 1 aliphatic rings. The zero-order valence-corrected chi connectivity index (χ0v) is 20.2. The summed E-state index contributed by atoms with van der Waals surface area (Å²) in [5.74, 6) is 1.24. The van der Waals surface area contributed by atoms with E-state index in [1.807, 2.05) is 68.5 Å². The number of hydrogen-bond donors (Lipinski definition) is 5. The van der Waals surface area contributed by atoms with Gasteiger partial charge >= 0.3 is 0 Å². The third kappa shape index (κ3) is 5.31. The molecule has 5 N–H and O–H groups in total. The number of benzene rings is 2. The second-order valence-corrected chi connectivity index (χ2v) is 9.04. The average molecular weight is 470 g/mol. The van der Waals surface area contributed by atoms with Gasteiger partial charge in [-0.1, -0.05) is 54.1 Å². The topological polar surface area (TPSA) is 114 Å². The fourth-order valence-corrected chi connectivity index (χ4v) is 4.17. The number of aliphatic hydroxyl groups is 2. The van der Waals surface area contributed by atoms with Crippen molar-refractivity contribution >= 4 is 23.7 Å². The minimum atomic E-state index is -1.32. The molecule has 2 aromatic carbocycles. The maximum absolute atomic E-state index is 9.71. The molecule has 0 spiro atoms. The van der Waals surface area contributed by atoms with E-state index in [1.54, 1.807) is 19.4 Å². The van der Waals surface area contributed by atoms with Crippen LogP contribution in [0, 0.1) is 5.41 Å². The maximum Gasteiger partial charge on any atom is 0.161 e. The van der Waals surface area contributed by atoms with Gasteiger partial charge < -0.3 is 26.3 Å². The van der Waals surface area contributed by atoms with Gasteiger partial charge in [0.25, 0.3) is 0 Å². The van der Waals surface area contributed by atoms with Gasteiger partial charge in [0.05, 0.1) is 18.1 Å². The van der Waals surface area contributed by atoms with E-state index in [1.165, 1.54) is 6.21 Å². The molecule has 4 rings (SSSR count). The monoisotopic (exact) mass is 469 g/mol. The zero-order chi connectivity index (χ0) is 25.0. The molecule has 0 amide bonds. The highest BCUT2D eigenvalue weighted by Gasteiger charge is 2.49. The lowest BCUT2D eigenvalue weighted by Crippen LogP contribution is -2.25. The van der Waals surface area contributed by atoms with Gasteiger partial charge in [-0.3, -0.25) is 4.98 Å². The lowest BCUT2D eigenvalue weighted by atomic mass is 9.93. The Morgan fingerprint density at radius 3 is 2.14 bits per heavy atom. The Morgan fingerprint density at radius 2 is 1.63 bits per heavy atom. The Balaban J connectivity index is 1.57. The second kappa shape index (κ2) is 10.2. The molecular formula is C28H31N5O2. The van der Waals surface area contributed by atoms with Crippen LogP contribution in [0.5, 0.6) is 0 Å². The average Bonchev–Trinajstić information content (AvgIpc) is 3.67. The van der Waals surface area contributed by atoms with Crippen molar-refractivity contribution in [2.24, 2.45) is 0 Å². The summed E-state index contributed by atoms with van der Waals surface area (Å²) in [6, 6.07) is 16.0. The predicted octanol–water partition coefficient (Wildman–Crippen LogP) is 4.56. The highest BCUT2D eigenvalue weighted by atomic mass is 16.5. The molecule has 1 fully saturated rings. The Hall–Kier alpha value is -3.81. The van der Waals surface area contributed by atoms with E-state index in [9.17, 15) is 10.2 Å². The van der Waals surface area contributed by atoms with Gasteiger partial charge in [0.1, 0.15) is 5.82 Å². The van der Waals surface area contributed by atoms with Gasteiger partial charge in [0.15, 0.2) is 12.1 Å². The molecule has 7 nitrogen and oxygen atoms in total. The Kier molecular flexibility index (Phi) is 7.10. The first-order valence-corrected chi connectivity index (χ1v) is 11.6. The lowest BCUT2D eigenvalue weighted by Gasteiger charge is -2.18. The number of hydrogen-bond acceptors (Lipinski definition) is 7. The fraction of sp³-hybridized carbons (Fsp3) is 0.250. The van der Waals surface area contributed by atoms with Crippen molar-refractivity contribution in [1.82, 2.24) is 15.3 Å². The van der Waals surface area contributed by atoms with Gasteiger partial charge in [0.2, 0.25) is 0 Å². The number of rotatable bonds is 9. The molecule has 35 heavy (non-hydrogen) atoms. The Labute approximate surface area is 205 Å². The van der Waals surface area contributed by atoms with Crippen molar-refractivity contribution < 1.29 is 10.2 Å². The van der Waals surface area contributed by atoms with Gasteiger partial charge in [-0.25, -0.2) is 4.98 Å². The molecule has 180 valence electrons. The standard InChI is InChI=1S/C28H31N5O2/c1-18(2)14-23-16-31-17-25(32-23)33-26(30-3)24(15-29)21-6-4-19(5-7-21)20-8-10-22(11-9-20)28(12-13-28)27(34)35/h4-11,14-17,27,29-30,34-35H,12-13H2,1-3H3,(H,32,33)/b26-24-,29-15?. The minimum Gasteiger partial charge on any atom is -0.374 e. The summed E-state index contributed by atoms with van der Waals surface area (Å²) in [5.41, 5.74) is 6.01. The molecule has 3 aromatic rings. The highest BCUT2D eigenvalue weighted by Crippen LogP contribution is 2.50. The van der Waals surface area contributed by atoms with Crippen LogP contribution in [-0.4, -0.2) is 39.7 Å². The zero-order valence-electron chi connectivity index (χ0n) is 20.2. The number of nitrogens with one attached hydrogen (secondary N) is 3. The van der Waals surface area contributed by atoms with Gasteiger partial charge in [-0.15, -0.1) is 0 Å². The summed E-state index contributed by atoms with van der Waals surface area (Å²) < 4.78 is 0. The summed E-state index contributed by atoms with van der Waals surface area (Å²) in [7, 11) is 1.80. The first-order valence-electron chi connectivity index (χ1n) is 11.6. The molecule has 1 aromatic heterocycles. The molecule has 0 atom stereocenters. The number of allylic oxidation sites excluding steroid dienone is 2. The second-order valence-electron chi connectivity index (χ2n) is 9.04. The Bertz CT molecular complexity index is 1250. The van der Waals surface area contributed by atoms with E-state index in [4.69, 9.17) is 5.41 Å². The smallest absolute Gasteiger partial charge is 0.161 e. The van der Waals surface area contributed by atoms with Crippen LogP contribution in [-0.2, 0) is 5.41 Å². The summed E-state index contributed by atoms with van der Waals surface area (Å²) in [4.78, 5) is 8.83. The minimum absolute atomic E-state index is 0.502. The summed E-state index contributed by atoms with van der Waals surface area (Å²) >= 11 is 0. The van der Waals surface area contributed by atoms with Crippen molar-refractivity contribution in [3.05, 3.63) is 89.1 Å². The Morgan fingerprint density at radius 1 is 1.00 bits per heavy atom. The summed E-state index contributed by atoms with van der Waals surface area (Å²) in [6.45, 7) is 4.02. The molecule has 0 radical (unpaired) electrons. The maximum atomic E-state index is 9.71. The normalized spacial score (nSPS) is 14.7. The SMILES string of the molecule is CN/C(Nc1cncc(C=C(C)C)n1)=C(\C=N)c1ccc(-c2ccc(C3(C(O)O)CC3)cc2)cc1.